The number of amides is 2. The zero-order chi connectivity index (χ0) is 20.5. The largest absolute Gasteiger partial charge is 0.481 e. The minimum absolute atomic E-state index is 0.0396. The number of carbonyl (C=O) groups is 2. The summed E-state index contributed by atoms with van der Waals surface area (Å²) in [7, 11) is 0. The van der Waals surface area contributed by atoms with Crippen LogP contribution in [0, 0.1) is 18.3 Å². The molecule has 0 aliphatic heterocycles. The number of ether oxygens (including phenoxy) is 1. The van der Waals surface area contributed by atoms with E-state index in [4.69, 9.17) is 10.00 Å². The van der Waals surface area contributed by atoms with Gasteiger partial charge >= 0.3 is 0 Å². The molecule has 146 valence electrons. The van der Waals surface area contributed by atoms with E-state index in [-0.39, 0.29) is 18.4 Å². The van der Waals surface area contributed by atoms with Crippen molar-refractivity contribution < 1.29 is 14.3 Å². The average Bonchev–Trinajstić information content (AvgIpc) is 2.69. The number of hydrogen-bond acceptors (Lipinski definition) is 4. The third-order valence-corrected chi connectivity index (χ3v) is 4.20. The average molecular weight is 379 g/mol. The summed E-state index contributed by atoms with van der Waals surface area (Å²) in [5, 5.41) is 11.7. The van der Waals surface area contributed by atoms with E-state index in [1.54, 1.807) is 31.2 Å². The number of aryl methyl sites for hydroxylation is 1. The Hall–Kier alpha value is -3.33. The van der Waals surface area contributed by atoms with E-state index in [9.17, 15) is 9.59 Å². The summed E-state index contributed by atoms with van der Waals surface area (Å²) in [6.07, 6.45) is -0.0155. The fourth-order valence-corrected chi connectivity index (χ4v) is 2.73. The molecule has 6 nitrogen and oxygen atoms in total. The topological polar surface area (TPSA) is 82.4 Å². The van der Waals surface area contributed by atoms with Crippen molar-refractivity contribution in [1.82, 2.24) is 4.90 Å². The molecule has 2 aromatic rings. The van der Waals surface area contributed by atoms with E-state index in [2.05, 4.69) is 5.32 Å². The van der Waals surface area contributed by atoms with E-state index >= 15 is 0 Å². The van der Waals surface area contributed by atoms with Crippen LogP contribution in [-0.2, 0) is 9.59 Å². The minimum Gasteiger partial charge on any atom is -0.481 e. The van der Waals surface area contributed by atoms with Gasteiger partial charge in [-0.25, -0.2) is 0 Å². The lowest BCUT2D eigenvalue weighted by Gasteiger charge is -2.25. The first-order chi connectivity index (χ1) is 13.4. The second kappa shape index (κ2) is 10.1. The maximum absolute atomic E-state index is 12.8. The number of hydrogen-bond donors (Lipinski definition) is 1. The molecule has 1 unspecified atom stereocenters. The van der Waals surface area contributed by atoms with Gasteiger partial charge in [0.25, 0.3) is 5.91 Å². The first-order valence-electron chi connectivity index (χ1n) is 9.25. The van der Waals surface area contributed by atoms with Crippen LogP contribution in [0.25, 0.3) is 0 Å². The van der Waals surface area contributed by atoms with E-state index in [0.717, 1.165) is 17.7 Å². The molecule has 2 aromatic carbocycles. The summed E-state index contributed by atoms with van der Waals surface area (Å²) < 4.78 is 5.69. The molecule has 2 rings (SSSR count). The second-order valence-electron chi connectivity index (χ2n) is 6.52. The molecule has 0 saturated carbocycles. The van der Waals surface area contributed by atoms with Crippen LogP contribution in [0.2, 0.25) is 0 Å². The molecule has 1 atom stereocenters. The fourth-order valence-electron chi connectivity index (χ4n) is 2.73. The molecule has 0 aliphatic carbocycles. The van der Waals surface area contributed by atoms with Gasteiger partial charge in [-0.05, 0) is 56.2 Å². The predicted octanol–water partition coefficient (Wildman–Crippen LogP) is 3.51. The molecule has 0 aromatic heterocycles. The Labute approximate surface area is 165 Å². The van der Waals surface area contributed by atoms with Crippen molar-refractivity contribution in [1.29, 1.82) is 5.26 Å². The van der Waals surface area contributed by atoms with Crippen LogP contribution >= 0.6 is 0 Å². The Morgan fingerprint density at radius 2 is 1.86 bits per heavy atom. The third-order valence-electron chi connectivity index (χ3n) is 4.20. The van der Waals surface area contributed by atoms with Crippen molar-refractivity contribution in [2.75, 3.05) is 18.4 Å². The normalized spacial score (nSPS) is 11.2. The first kappa shape index (κ1) is 21.0. The smallest absolute Gasteiger partial charge is 0.263 e. The van der Waals surface area contributed by atoms with Gasteiger partial charge in [0.15, 0.2) is 6.10 Å². The number of benzene rings is 2. The first-order valence-corrected chi connectivity index (χ1v) is 9.25. The zero-order valence-electron chi connectivity index (χ0n) is 16.4. The van der Waals surface area contributed by atoms with Crippen LogP contribution in [0.15, 0.2) is 48.5 Å². The highest BCUT2D eigenvalue weighted by Crippen LogP contribution is 2.15. The Bertz CT molecular complexity index is 856. The fraction of sp³-hybridized carbons (Fsp3) is 0.318. The molecule has 0 aliphatic rings. The van der Waals surface area contributed by atoms with Gasteiger partial charge in [-0.15, -0.1) is 0 Å². The predicted molar refractivity (Wildman–Crippen MR) is 108 cm³/mol. The molecule has 0 fully saturated rings. The van der Waals surface area contributed by atoms with Gasteiger partial charge in [0.2, 0.25) is 5.91 Å². The van der Waals surface area contributed by atoms with Crippen molar-refractivity contribution in [3.8, 4) is 11.8 Å². The molecule has 2 amide bonds. The second-order valence-corrected chi connectivity index (χ2v) is 6.52. The number of nitrogens with zero attached hydrogens (tertiary/aromatic N) is 2. The monoisotopic (exact) mass is 379 g/mol. The molecule has 0 spiro atoms. The van der Waals surface area contributed by atoms with Gasteiger partial charge in [-0.3, -0.25) is 9.59 Å². The summed E-state index contributed by atoms with van der Waals surface area (Å²) >= 11 is 0. The maximum Gasteiger partial charge on any atom is 0.263 e. The van der Waals surface area contributed by atoms with Crippen molar-refractivity contribution >= 4 is 17.5 Å². The van der Waals surface area contributed by atoms with Crippen LogP contribution in [0.5, 0.6) is 5.75 Å². The Morgan fingerprint density at radius 1 is 1.18 bits per heavy atom. The van der Waals surface area contributed by atoms with Crippen LogP contribution in [0.4, 0.5) is 5.69 Å². The number of anilines is 1. The zero-order valence-corrected chi connectivity index (χ0v) is 16.4. The van der Waals surface area contributed by atoms with Gasteiger partial charge in [0.05, 0.1) is 18.2 Å². The standard InChI is InChI=1S/C22H25N3O3/c1-4-13-25(15-21(26)24-20-8-6-5-7-16(20)2)22(27)17(3)28-19-11-9-18(14-23)10-12-19/h5-12,17H,4,13,15H2,1-3H3,(H,24,26). The maximum atomic E-state index is 12.8. The number of nitrogens with one attached hydrogen (secondary N) is 1. The van der Waals surface area contributed by atoms with E-state index in [0.29, 0.717) is 17.9 Å². The minimum atomic E-state index is -0.745. The highest BCUT2D eigenvalue weighted by Gasteiger charge is 2.23. The molecule has 0 saturated heterocycles. The van der Waals surface area contributed by atoms with Gasteiger partial charge in [0.1, 0.15) is 5.75 Å². The quantitative estimate of drug-likeness (QED) is 0.761. The summed E-state index contributed by atoms with van der Waals surface area (Å²) in [6, 6.07) is 16.1. The molecular weight excluding hydrogens is 354 g/mol. The summed E-state index contributed by atoms with van der Waals surface area (Å²) in [5.41, 5.74) is 2.21. The van der Waals surface area contributed by atoms with Crippen LogP contribution < -0.4 is 10.1 Å². The summed E-state index contributed by atoms with van der Waals surface area (Å²) in [5.74, 6) is -0.00604. The van der Waals surface area contributed by atoms with Gasteiger partial charge in [-0.2, -0.15) is 5.26 Å². The molecule has 28 heavy (non-hydrogen) atoms. The molecular formula is C22H25N3O3. The van der Waals surface area contributed by atoms with Crippen molar-refractivity contribution in [2.24, 2.45) is 0 Å². The van der Waals surface area contributed by atoms with E-state index < -0.39 is 6.10 Å². The number of carbonyl (C=O) groups excluding carboxylic acids is 2. The number of para-hydroxylation sites is 1. The van der Waals surface area contributed by atoms with Crippen molar-refractivity contribution in [3.05, 3.63) is 59.7 Å². The van der Waals surface area contributed by atoms with Gasteiger partial charge < -0.3 is 15.0 Å². The van der Waals surface area contributed by atoms with Crippen LogP contribution in [0.1, 0.15) is 31.4 Å². The summed E-state index contributed by atoms with van der Waals surface area (Å²) in [4.78, 5) is 26.7. The van der Waals surface area contributed by atoms with Gasteiger partial charge in [0, 0.05) is 12.2 Å². The highest BCUT2D eigenvalue weighted by atomic mass is 16.5. The molecule has 1 N–H and O–H groups in total. The third kappa shape index (κ3) is 5.85. The Kier molecular flexibility index (Phi) is 7.58. The molecule has 6 heteroatoms. The lowest BCUT2D eigenvalue weighted by Crippen LogP contribution is -2.44. The SMILES string of the molecule is CCCN(CC(=O)Nc1ccccc1C)C(=O)C(C)Oc1ccc(C#N)cc1. The van der Waals surface area contributed by atoms with Gasteiger partial charge in [-0.1, -0.05) is 25.1 Å². The van der Waals surface area contributed by atoms with E-state index in [1.807, 2.05) is 44.2 Å². The molecule has 0 bridgehead atoms. The lowest BCUT2D eigenvalue weighted by molar-refractivity contribution is -0.140. The molecule has 0 radical (unpaired) electrons. The molecule has 0 heterocycles. The van der Waals surface area contributed by atoms with Crippen molar-refractivity contribution in [2.45, 2.75) is 33.3 Å². The van der Waals surface area contributed by atoms with Crippen LogP contribution in [0.3, 0.4) is 0 Å². The lowest BCUT2D eigenvalue weighted by atomic mass is 10.2. The van der Waals surface area contributed by atoms with Crippen molar-refractivity contribution in [3.63, 3.8) is 0 Å². The number of rotatable bonds is 8. The number of nitriles is 1. The van der Waals surface area contributed by atoms with E-state index in [1.165, 1.54) is 4.90 Å². The summed E-state index contributed by atoms with van der Waals surface area (Å²) in [6.45, 7) is 5.94. The Balaban J connectivity index is 2.00. The highest BCUT2D eigenvalue weighted by molar-refractivity contribution is 5.95. The Morgan fingerprint density at radius 3 is 2.46 bits per heavy atom. The van der Waals surface area contributed by atoms with Crippen LogP contribution in [-0.4, -0.2) is 35.9 Å².